The van der Waals surface area contributed by atoms with E-state index in [0.717, 1.165) is 37.9 Å². The molecule has 2 aromatic carbocycles. The van der Waals surface area contributed by atoms with Crippen LogP contribution in [0.15, 0.2) is 35.2 Å². The average Bonchev–Trinajstić information content (AvgIpc) is 3.15. The maximum atomic E-state index is 13.3. The summed E-state index contributed by atoms with van der Waals surface area (Å²) in [6.45, 7) is 8.59. The lowest BCUT2D eigenvalue weighted by molar-refractivity contribution is 0.179. The first-order valence-corrected chi connectivity index (χ1v) is 12.8. The summed E-state index contributed by atoms with van der Waals surface area (Å²) in [6, 6.07) is 10.7. The Balaban J connectivity index is 0.00000272. The maximum Gasteiger partial charge on any atom is 0.243 e. The van der Waals surface area contributed by atoms with Crippen LogP contribution in [0.25, 0.3) is 0 Å². The zero-order valence-electron chi connectivity index (χ0n) is 18.5. The van der Waals surface area contributed by atoms with Crippen molar-refractivity contribution in [1.29, 1.82) is 0 Å². The van der Waals surface area contributed by atoms with Gasteiger partial charge >= 0.3 is 0 Å². The van der Waals surface area contributed by atoms with E-state index in [1.54, 1.807) is 22.0 Å². The number of hydrogen-bond donors (Lipinski definition) is 0. The maximum absolute atomic E-state index is 13.3. The van der Waals surface area contributed by atoms with Crippen LogP contribution in [-0.4, -0.2) is 43.8 Å². The van der Waals surface area contributed by atoms with E-state index in [2.05, 4.69) is 23.1 Å². The SMILES string of the molecule is CCN(CCCN1CCc2cccc3c2C1CC3)S(=O)(=O)c1cc(C)c(Cl)cc1C.Cl. The Hall–Kier alpha value is -1.11. The summed E-state index contributed by atoms with van der Waals surface area (Å²) in [5.74, 6) is 0. The van der Waals surface area contributed by atoms with Gasteiger partial charge < -0.3 is 0 Å². The van der Waals surface area contributed by atoms with E-state index < -0.39 is 10.0 Å². The molecule has 31 heavy (non-hydrogen) atoms. The van der Waals surface area contributed by atoms with E-state index in [1.807, 2.05) is 20.8 Å². The third-order valence-electron chi connectivity index (χ3n) is 6.70. The fourth-order valence-electron chi connectivity index (χ4n) is 5.09. The van der Waals surface area contributed by atoms with Crippen molar-refractivity contribution < 1.29 is 8.42 Å². The van der Waals surface area contributed by atoms with Gasteiger partial charge in [-0.1, -0.05) is 36.7 Å². The second-order valence-corrected chi connectivity index (χ2v) is 10.9. The summed E-state index contributed by atoms with van der Waals surface area (Å²) in [4.78, 5) is 2.94. The molecule has 0 N–H and O–H groups in total. The van der Waals surface area contributed by atoms with E-state index in [4.69, 9.17) is 11.6 Å². The Bertz CT molecular complexity index is 1060. The van der Waals surface area contributed by atoms with Crippen LogP contribution in [0.5, 0.6) is 0 Å². The molecule has 2 aromatic rings. The molecule has 0 saturated heterocycles. The topological polar surface area (TPSA) is 40.6 Å². The standard InChI is InChI=1S/C24H31ClN2O2S.ClH/c1-4-27(30(28,29)23-16-17(2)21(25)15-18(23)3)13-6-12-26-14-11-20-8-5-7-19-9-10-22(26)24(19)20;/h5,7-8,15-16,22H,4,6,9-14H2,1-3H3;1H. The van der Waals surface area contributed by atoms with Crippen LogP contribution in [0, 0.1) is 13.8 Å². The molecular formula is C24H32Cl2N2O2S. The van der Waals surface area contributed by atoms with Gasteiger partial charge in [-0.05, 0) is 79.5 Å². The summed E-state index contributed by atoms with van der Waals surface area (Å²) in [7, 11) is -3.53. The summed E-state index contributed by atoms with van der Waals surface area (Å²) < 4.78 is 28.2. The predicted molar refractivity (Wildman–Crippen MR) is 130 cm³/mol. The third kappa shape index (κ3) is 4.67. The van der Waals surface area contributed by atoms with Crippen LogP contribution in [0.2, 0.25) is 5.02 Å². The number of aryl methyl sites for hydroxylation is 3. The summed E-state index contributed by atoms with van der Waals surface area (Å²) in [6.07, 6.45) is 4.28. The third-order valence-corrected chi connectivity index (χ3v) is 9.22. The van der Waals surface area contributed by atoms with E-state index in [1.165, 1.54) is 17.5 Å². The summed E-state index contributed by atoms with van der Waals surface area (Å²) >= 11 is 6.17. The molecule has 1 aliphatic heterocycles. The minimum absolute atomic E-state index is 0. The Morgan fingerprint density at radius 1 is 1.13 bits per heavy atom. The average molecular weight is 484 g/mol. The zero-order valence-corrected chi connectivity index (χ0v) is 20.9. The highest BCUT2D eigenvalue weighted by Crippen LogP contribution is 2.41. The largest absolute Gasteiger partial charge is 0.296 e. The number of rotatable bonds is 7. The zero-order chi connectivity index (χ0) is 21.5. The molecule has 4 nitrogen and oxygen atoms in total. The molecule has 1 unspecified atom stereocenters. The van der Waals surface area contributed by atoms with Crippen LogP contribution in [0.4, 0.5) is 0 Å². The second kappa shape index (κ2) is 9.80. The van der Waals surface area contributed by atoms with Gasteiger partial charge in [-0.15, -0.1) is 12.4 Å². The van der Waals surface area contributed by atoms with Crippen molar-refractivity contribution in [1.82, 2.24) is 9.21 Å². The second-order valence-electron chi connectivity index (χ2n) is 8.55. The first-order valence-electron chi connectivity index (χ1n) is 10.9. The van der Waals surface area contributed by atoms with Crippen molar-refractivity contribution in [3.63, 3.8) is 0 Å². The monoisotopic (exact) mass is 482 g/mol. The molecule has 0 fully saturated rings. The van der Waals surface area contributed by atoms with E-state index in [9.17, 15) is 8.42 Å². The van der Waals surface area contributed by atoms with E-state index in [0.29, 0.717) is 34.6 Å². The van der Waals surface area contributed by atoms with E-state index in [-0.39, 0.29) is 12.4 Å². The van der Waals surface area contributed by atoms with Gasteiger partial charge in [0.15, 0.2) is 0 Å². The van der Waals surface area contributed by atoms with Crippen molar-refractivity contribution in [2.24, 2.45) is 0 Å². The molecule has 0 spiro atoms. The highest BCUT2D eigenvalue weighted by atomic mass is 35.5. The Morgan fingerprint density at radius 2 is 1.84 bits per heavy atom. The van der Waals surface area contributed by atoms with Gasteiger partial charge in [0.2, 0.25) is 10.0 Å². The molecule has 1 atom stereocenters. The molecular weight excluding hydrogens is 451 g/mol. The lowest BCUT2D eigenvalue weighted by Gasteiger charge is -2.35. The number of nitrogens with zero attached hydrogens (tertiary/aromatic N) is 2. The van der Waals surface area contributed by atoms with Crippen LogP contribution in [0.1, 0.15) is 53.6 Å². The molecule has 0 saturated carbocycles. The van der Waals surface area contributed by atoms with Gasteiger partial charge in [-0.3, -0.25) is 4.90 Å². The van der Waals surface area contributed by atoms with Gasteiger partial charge in [-0.2, -0.15) is 4.31 Å². The smallest absolute Gasteiger partial charge is 0.243 e. The molecule has 1 aliphatic carbocycles. The minimum atomic E-state index is -3.53. The highest BCUT2D eigenvalue weighted by molar-refractivity contribution is 7.89. The highest BCUT2D eigenvalue weighted by Gasteiger charge is 2.33. The molecule has 0 aromatic heterocycles. The molecule has 1 heterocycles. The fraction of sp³-hybridized carbons (Fsp3) is 0.500. The van der Waals surface area contributed by atoms with Crippen LogP contribution < -0.4 is 0 Å². The Kier molecular flexibility index (Phi) is 7.75. The fourth-order valence-corrected chi connectivity index (χ4v) is 7.09. The lowest BCUT2D eigenvalue weighted by atomic mass is 9.93. The molecule has 4 rings (SSSR count). The van der Waals surface area contributed by atoms with Gasteiger partial charge in [0, 0.05) is 37.2 Å². The van der Waals surface area contributed by atoms with Crippen LogP contribution in [-0.2, 0) is 22.9 Å². The Labute approximate surface area is 198 Å². The minimum Gasteiger partial charge on any atom is -0.296 e. The molecule has 0 amide bonds. The molecule has 7 heteroatoms. The van der Waals surface area contributed by atoms with Gasteiger partial charge in [0.25, 0.3) is 0 Å². The number of benzene rings is 2. The van der Waals surface area contributed by atoms with Crippen molar-refractivity contribution in [3.05, 3.63) is 63.2 Å². The van der Waals surface area contributed by atoms with Crippen LogP contribution in [0.3, 0.4) is 0 Å². The number of halogens is 2. The van der Waals surface area contributed by atoms with Gasteiger partial charge in [-0.25, -0.2) is 8.42 Å². The number of sulfonamides is 1. The van der Waals surface area contributed by atoms with E-state index >= 15 is 0 Å². The van der Waals surface area contributed by atoms with Gasteiger partial charge in [0.05, 0.1) is 4.90 Å². The van der Waals surface area contributed by atoms with Gasteiger partial charge in [0.1, 0.15) is 0 Å². The van der Waals surface area contributed by atoms with Crippen LogP contribution >= 0.6 is 24.0 Å². The normalized spacial score (nSPS) is 18.2. The summed E-state index contributed by atoms with van der Waals surface area (Å²) in [5, 5.41) is 0.607. The molecule has 0 radical (unpaired) electrons. The Morgan fingerprint density at radius 3 is 2.55 bits per heavy atom. The molecule has 0 bridgehead atoms. The quantitative estimate of drug-likeness (QED) is 0.535. The predicted octanol–water partition coefficient (Wildman–Crippen LogP) is 5.32. The molecule has 170 valence electrons. The first kappa shape index (κ1) is 24.5. The van der Waals surface area contributed by atoms with Crippen molar-refractivity contribution in [2.45, 2.75) is 57.4 Å². The van der Waals surface area contributed by atoms with Crippen molar-refractivity contribution in [2.75, 3.05) is 26.2 Å². The lowest BCUT2D eigenvalue weighted by Crippen LogP contribution is -2.38. The first-order chi connectivity index (χ1) is 14.3. The summed E-state index contributed by atoms with van der Waals surface area (Å²) in [5.41, 5.74) is 6.07. The van der Waals surface area contributed by atoms with Crippen molar-refractivity contribution in [3.8, 4) is 0 Å². The number of hydrogen-bond acceptors (Lipinski definition) is 3. The van der Waals surface area contributed by atoms with Crippen molar-refractivity contribution >= 4 is 34.0 Å². The molecule has 2 aliphatic rings.